The summed E-state index contributed by atoms with van der Waals surface area (Å²) in [7, 11) is -4.30. The van der Waals surface area contributed by atoms with Gasteiger partial charge in [-0.05, 0) is 67.9 Å². The van der Waals surface area contributed by atoms with E-state index < -0.39 is 40.2 Å². The van der Waals surface area contributed by atoms with E-state index in [4.69, 9.17) is 23.2 Å². The number of nitrogens with one attached hydrogen (secondary N) is 1. The van der Waals surface area contributed by atoms with E-state index in [1.54, 1.807) is 50.2 Å². The van der Waals surface area contributed by atoms with Crippen LogP contribution in [0, 0.1) is 5.82 Å². The Hall–Kier alpha value is -3.92. The highest BCUT2D eigenvalue weighted by Gasteiger charge is 2.35. The van der Waals surface area contributed by atoms with Gasteiger partial charge in [0.2, 0.25) is 11.8 Å². The molecule has 4 rings (SSSR count). The summed E-state index contributed by atoms with van der Waals surface area (Å²) in [6.07, 6.45) is 0.134. The van der Waals surface area contributed by atoms with Crippen molar-refractivity contribution >= 4 is 50.7 Å². The Morgan fingerprint density at radius 3 is 1.95 bits per heavy atom. The van der Waals surface area contributed by atoms with Gasteiger partial charge in [0.1, 0.15) is 18.4 Å². The molecule has 4 aromatic carbocycles. The molecule has 1 N–H and O–H groups in total. The summed E-state index contributed by atoms with van der Waals surface area (Å²) in [4.78, 5) is 29.4. The van der Waals surface area contributed by atoms with Crippen LogP contribution in [0.1, 0.15) is 25.0 Å². The van der Waals surface area contributed by atoms with E-state index >= 15 is 0 Å². The van der Waals surface area contributed by atoms with Crippen LogP contribution in [0.5, 0.6) is 0 Å². The maximum Gasteiger partial charge on any atom is 0.264 e. The Labute approximate surface area is 267 Å². The number of carbonyl (C=O) groups excluding carboxylic acids is 2. The third kappa shape index (κ3) is 8.16. The minimum absolute atomic E-state index is 0.0591. The first-order valence-electron chi connectivity index (χ1n) is 13.9. The highest BCUT2D eigenvalue weighted by Crippen LogP contribution is 2.29. The average Bonchev–Trinajstić information content (AvgIpc) is 3.00. The van der Waals surface area contributed by atoms with Gasteiger partial charge in [-0.1, -0.05) is 77.8 Å². The van der Waals surface area contributed by atoms with E-state index in [1.807, 2.05) is 30.3 Å². The minimum Gasteiger partial charge on any atom is -0.352 e. The number of hydrogen-bond donors (Lipinski definition) is 1. The summed E-state index contributed by atoms with van der Waals surface area (Å²) in [6, 6.07) is 25.2. The molecular weight excluding hydrogens is 624 g/mol. The lowest BCUT2D eigenvalue weighted by Crippen LogP contribution is -2.54. The van der Waals surface area contributed by atoms with Crippen LogP contribution in [-0.4, -0.2) is 43.8 Å². The van der Waals surface area contributed by atoms with Crippen LogP contribution in [0.15, 0.2) is 108 Å². The first kappa shape index (κ1) is 33.0. The Morgan fingerprint density at radius 1 is 0.818 bits per heavy atom. The van der Waals surface area contributed by atoms with Crippen molar-refractivity contribution in [2.24, 2.45) is 0 Å². The van der Waals surface area contributed by atoms with E-state index in [-0.39, 0.29) is 39.6 Å². The summed E-state index contributed by atoms with van der Waals surface area (Å²) >= 11 is 13.0. The monoisotopic (exact) mass is 655 g/mol. The van der Waals surface area contributed by atoms with E-state index in [1.165, 1.54) is 29.2 Å². The molecule has 0 heterocycles. The number of sulfonamides is 1. The predicted molar refractivity (Wildman–Crippen MR) is 172 cm³/mol. The first-order valence-corrected chi connectivity index (χ1v) is 16.1. The molecule has 0 aliphatic heterocycles. The third-order valence-electron chi connectivity index (χ3n) is 6.82. The molecular formula is C33H32Cl2FN3O4S. The maximum atomic E-state index is 14.4. The molecule has 0 saturated heterocycles. The van der Waals surface area contributed by atoms with Crippen LogP contribution in [0.3, 0.4) is 0 Å². The molecule has 4 aromatic rings. The fourth-order valence-corrected chi connectivity index (χ4v) is 6.60. The van der Waals surface area contributed by atoms with Crippen LogP contribution >= 0.6 is 23.2 Å². The Bertz CT molecular complexity index is 1670. The summed E-state index contributed by atoms with van der Waals surface area (Å²) in [5, 5.41) is 3.45. The third-order valence-corrected chi connectivity index (χ3v) is 9.31. The zero-order valence-electron chi connectivity index (χ0n) is 24.2. The molecule has 0 unspecified atom stereocenters. The van der Waals surface area contributed by atoms with Gasteiger partial charge in [-0.3, -0.25) is 13.9 Å². The zero-order valence-corrected chi connectivity index (χ0v) is 26.5. The molecule has 11 heteroatoms. The van der Waals surface area contributed by atoms with Crippen molar-refractivity contribution in [1.82, 2.24) is 10.2 Å². The van der Waals surface area contributed by atoms with Crippen LogP contribution in [0.25, 0.3) is 0 Å². The van der Waals surface area contributed by atoms with E-state index in [2.05, 4.69) is 5.32 Å². The molecule has 0 aliphatic rings. The zero-order chi connectivity index (χ0) is 31.9. The van der Waals surface area contributed by atoms with Gasteiger partial charge in [0.15, 0.2) is 0 Å². The number of benzene rings is 4. The summed E-state index contributed by atoms with van der Waals surface area (Å²) in [5.41, 5.74) is 1.26. The number of hydrogen-bond acceptors (Lipinski definition) is 4. The van der Waals surface area contributed by atoms with Crippen LogP contribution in [0.2, 0.25) is 10.0 Å². The lowest BCUT2D eigenvalue weighted by molar-refractivity contribution is -0.140. The fourth-order valence-electron chi connectivity index (χ4n) is 4.64. The number of anilines is 1. The van der Waals surface area contributed by atoms with Crippen LogP contribution in [0.4, 0.5) is 10.1 Å². The largest absolute Gasteiger partial charge is 0.352 e. The topological polar surface area (TPSA) is 86.8 Å². The van der Waals surface area contributed by atoms with Gasteiger partial charge in [0.25, 0.3) is 10.0 Å². The first-order chi connectivity index (χ1) is 21.0. The van der Waals surface area contributed by atoms with E-state index in [0.717, 1.165) is 22.0 Å². The normalized spacial score (nSPS) is 12.0. The van der Waals surface area contributed by atoms with E-state index in [9.17, 15) is 22.4 Å². The molecule has 0 aromatic heterocycles. The standard InChI is InChI=1S/C33H32Cl2FN3O4S/c1-23(2)37-33(41)31(20-24-10-5-3-6-11-24)38(21-28-29(34)14-9-15-30(28)35)32(40)22-39(26-18-16-25(36)17-19-26)44(42,43)27-12-7-4-8-13-27/h3-19,23,31H,20-22H2,1-2H3,(H,37,41)/t31-/m1/s1. The van der Waals surface area contributed by atoms with Crippen molar-refractivity contribution < 1.29 is 22.4 Å². The predicted octanol–water partition coefficient (Wildman–Crippen LogP) is 6.49. The Morgan fingerprint density at radius 2 is 1.39 bits per heavy atom. The average molecular weight is 657 g/mol. The molecule has 2 amide bonds. The van der Waals surface area contributed by atoms with Gasteiger partial charge < -0.3 is 10.2 Å². The lowest BCUT2D eigenvalue weighted by atomic mass is 10.0. The quantitative estimate of drug-likeness (QED) is 0.189. The summed E-state index contributed by atoms with van der Waals surface area (Å²) in [5.74, 6) is -1.69. The van der Waals surface area contributed by atoms with Crippen molar-refractivity contribution in [3.63, 3.8) is 0 Å². The molecule has 0 fully saturated rings. The Balaban J connectivity index is 1.83. The number of amides is 2. The smallest absolute Gasteiger partial charge is 0.264 e. The molecule has 0 radical (unpaired) electrons. The van der Waals surface area contributed by atoms with Crippen molar-refractivity contribution in [2.75, 3.05) is 10.8 Å². The summed E-state index contributed by atoms with van der Waals surface area (Å²) < 4.78 is 42.6. The minimum atomic E-state index is -4.30. The van der Waals surface area contributed by atoms with Crippen molar-refractivity contribution in [3.05, 3.63) is 130 Å². The second kappa shape index (κ2) is 14.7. The lowest BCUT2D eigenvalue weighted by Gasteiger charge is -2.34. The SMILES string of the molecule is CC(C)NC(=O)[C@@H](Cc1ccccc1)N(Cc1c(Cl)cccc1Cl)C(=O)CN(c1ccc(F)cc1)S(=O)(=O)c1ccccc1. The number of halogens is 3. The van der Waals surface area contributed by atoms with Gasteiger partial charge in [-0.15, -0.1) is 0 Å². The fraction of sp³-hybridized carbons (Fsp3) is 0.212. The van der Waals surface area contributed by atoms with Gasteiger partial charge in [-0.25, -0.2) is 12.8 Å². The molecule has 0 aliphatic carbocycles. The molecule has 44 heavy (non-hydrogen) atoms. The van der Waals surface area contributed by atoms with Gasteiger partial charge >= 0.3 is 0 Å². The molecule has 7 nitrogen and oxygen atoms in total. The number of carbonyl (C=O) groups is 2. The van der Waals surface area contributed by atoms with Crippen molar-refractivity contribution in [1.29, 1.82) is 0 Å². The Kier molecular flexibility index (Phi) is 11.0. The molecule has 0 bridgehead atoms. The second-order valence-electron chi connectivity index (χ2n) is 10.4. The highest BCUT2D eigenvalue weighted by molar-refractivity contribution is 7.92. The molecule has 230 valence electrons. The summed E-state index contributed by atoms with van der Waals surface area (Å²) in [6.45, 7) is 2.74. The molecule has 0 saturated carbocycles. The second-order valence-corrected chi connectivity index (χ2v) is 13.1. The van der Waals surface area contributed by atoms with Gasteiger partial charge in [0.05, 0.1) is 10.6 Å². The van der Waals surface area contributed by atoms with Crippen LogP contribution in [-0.2, 0) is 32.6 Å². The van der Waals surface area contributed by atoms with Crippen molar-refractivity contribution in [3.8, 4) is 0 Å². The molecule has 0 spiro atoms. The van der Waals surface area contributed by atoms with Gasteiger partial charge in [-0.2, -0.15) is 0 Å². The maximum absolute atomic E-state index is 14.4. The molecule has 1 atom stereocenters. The number of rotatable bonds is 12. The highest BCUT2D eigenvalue weighted by atomic mass is 35.5. The van der Waals surface area contributed by atoms with E-state index in [0.29, 0.717) is 5.56 Å². The number of nitrogens with zero attached hydrogens (tertiary/aromatic N) is 2. The van der Waals surface area contributed by atoms with Crippen LogP contribution < -0.4 is 9.62 Å². The van der Waals surface area contributed by atoms with Gasteiger partial charge in [0, 0.05) is 34.6 Å². The van der Waals surface area contributed by atoms with Crippen molar-refractivity contribution in [2.45, 2.75) is 43.8 Å².